The highest BCUT2D eigenvalue weighted by Gasteiger charge is 2.14. The molecule has 0 atom stereocenters. The van der Waals surface area contributed by atoms with Gasteiger partial charge in [-0.05, 0) is 29.8 Å². The Kier molecular flexibility index (Phi) is 5.06. The van der Waals surface area contributed by atoms with E-state index in [1.165, 1.54) is 0 Å². The van der Waals surface area contributed by atoms with Gasteiger partial charge in [0.25, 0.3) is 0 Å². The van der Waals surface area contributed by atoms with Crippen molar-refractivity contribution in [1.29, 1.82) is 0 Å². The summed E-state index contributed by atoms with van der Waals surface area (Å²) in [5.41, 5.74) is 3.83. The predicted octanol–water partition coefficient (Wildman–Crippen LogP) is 4.03. The smallest absolute Gasteiger partial charge is 0.240 e. The van der Waals surface area contributed by atoms with E-state index in [0.717, 1.165) is 33.7 Å². The molecular formula is C23H21N3O2. The van der Waals surface area contributed by atoms with E-state index in [-0.39, 0.29) is 12.5 Å². The molecule has 0 aliphatic rings. The molecule has 4 aromatic rings. The Bertz CT molecular complexity index is 1090. The molecule has 0 unspecified atom stereocenters. The number of rotatable bonds is 6. The maximum Gasteiger partial charge on any atom is 0.240 e. The molecule has 0 radical (unpaired) electrons. The number of hydrogen-bond acceptors (Lipinski definition) is 3. The fourth-order valence-electron chi connectivity index (χ4n) is 3.19. The van der Waals surface area contributed by atoms with Crippen molar-refractivity contribution in [3.63, 3.8) is 0 Å². The quantitative estimate of drug-likeness (QED) is 0.557. The van der Waals surface area contributed by atoms with E-state index in [1.54, 1.807) is 7.11 Å². The van der Waals surface area contributed by atoms with E-state index in [4.69, 9.17) is 9.72 Å². The van der Waals surface area contributed by atoms with E-state index in [0.29, 0.717) is 6.54 Å². The van der Waals surface area contributed by atoms with E-state index in [2.05, 4.69) is 5.32 Å². The molecule has 0 saturated heterocycles. The number of benzene rings is 3. The Morgan fingerprint density at radius 1 is 0.964 bits per heavy atom. The Hall–Kier alpha value is -3.60. The third-order valence-corrected chi connectivity index (χ3v) is 4.64. The molecule has 140 valence electrons. The molecular weight excluding hydrogens is 350 g/mol. The van der Waals surface area contributed by atoms with Crippen molar-refractivity contribution in [1.82, 2.24) is 14.9 Å². The number of carbonyl (C=O) groups excluding carboxylic acids is 1. The van der Waals surface area contributed by atoms with Crippen LogP contribution in [0.4, 0.5) is 0 Å². The van der Waals surface area contributed by atoms with Crippen molar-refractivity contribution >= 4 is 16.9 Å². The van der Waals surface area contributed by atoms with Crippen LogP contribution in [0.15, 0.2) is 78.9 Å². The van der Waals surface area contributed by atoms with Gasteiger partial charge < -0.3 is 14.6 Å². The van der Waals surface area contributed by atoms with Crippen molar-refractivity contribution in [3.05, 3.63) is 84.4 Å². The van der Waals surface area contributed by atoms with Gasteiger partial charge >= 0.3 is 0 Å². The van der Waals surface area contributed by atoms with E-state index in [9.17, 15) is 4.79 Å². The van der Waals surface area contributed by atoms with E-state index >= 15 is 0 Å². The second kappa shape index (κ2) is 7.96. The number of nitrogens with zero attached hydrogens (tertiary/aromatic N) is 2. The molecule has 0 saturated carbocycles. The Balaban J connectivity index is 1.55. The number of fused-ring (bicyclic) bond motifs is 1. The fourth-order valence-corrected chi connectivity index (χ4v) is 3.19. The second-order valence-corrected chi connectivity index (χ2v) is 6.50. The number of amides is 1. The zero-order valence-electron chi connectivity index (χ0n) is 15.6. The lowest BCUT2D eigenvalue weighted by atomic mass is 10.2. The van der Waals surface area contributed by atoms with Crippen LogP contribution in [0.1, 0.15) is 5.56 Å². The summed E-state index contributed by atoms with van der Waals surface area (Å²) in [6.07, 6.45) is 0. The minimum absolute atomic E-state index is 0.0591. The first-order chi connectivity index (χ1) is 13.7. The SMILES string of the molecule is COc1ccc(CNC(=O)Cn2c(-c3ccccc3)nc3ccccc32)cc1. The normalized spacial score (nSPS) is 10.8. The molecule has 5 heteroatoms. The van der Waals surface area contributed by atoms with Gasteiger partial charge in [0.15, 0.2) is 0 Å². The van der Waals surface area contributed by atoms with Crippen LogP contribution in [0.2, 0.25) is 0 Å². The highest BCUT2D eigenvalue weighted by Crippen LogP contribution is 2.24. The number of methoxy groups -OCH3 is 1. The third-order valence-electron chi connectivity index (χ3n) is 4.64. The van der Waals surface area contributed by atoms with E-state index in [1.807, 2.05) is 83.4 Å². The van der Waals surface area contributed by atoms with Crippen LogP contribution in [0.5, 0.6) is 5.75 Å². The second-order valence-electron chi connectivity index (χ2n) is 6.50. The molecule has 0 bridgehead atoms. The number of carbonyl (C=O) groups is 1. The van der Waals surface area contributed by atoms with E-state index < -0.39 is 0 Å². The number of aromatic nitrogens is 2. The van der Waals surface area contributed by atoms with Crippen LogP contribution in [0.25, 0.3) is 22.4 Å². The van der Waals surface area contributed by atoms with Crippen LogP contribution in [0.3, 0.4) is 0 Å². The number of para-hydroxylation sites is 2. The van der Waals surface area contributed by atoms with Crippen LogP contribution in [-0.2, 0) is 17.9 Å². The molecule has 1 aromatic heterocycles. The van der Waals surface area contributed by atoms with Gasteiger partial charge in [-0.15, -0.1) is 0 Å². The summed E-state index contributed by atoms with van der Waals surface area (Å²) in [6, 6.07) is 25.5. The fraction of sp³-hybridized carbons (Fsp3) is 0.130. The lowest BCUT2D eigenvalue weighted by molar-refractivity contribution is -0.121. The van der Waals surface area contributed by atoms with Gasteiger partial charge in [-0.2, -0.15) is 0 Å². The van der Waals surface area contributed by atoms with Crippen LogP contribution in [0, 0.1) is 0 Å². The van der Waals surface area contributed by atoms with Crippen molar-refractivity contribution in [2.75, 3.05) is 7.11 Å². The summed E-state index contributed by atoms with van der Waals surface area (Å²) < 4.78 is 7.13. The van der Waals surface area contributed by atoms with Gasteiger partial charge in [-0.3, -0.25) is 4.79 Å². The molecule has 4 rings (SSSR count). The molecule has 0 fully saturated rings. The summed E-state index contributed by atoms with van der Waals surface area (Å²) in [7, 11) is 1.64. The molecule has 28 heavy (non-hydrogen) atoms. The van der Waals surface area contributed by atoms with Crippen molar-refractivity contribution in [2.24, 2.45) is 0 Å². The monoisotopic (exact) mass is 371 g/mol. The first-order valence-electron chi connectivity index (χ1n) is 9.15. The number of hydrogen-bond donors (Lipinski definition) is 1. The van der Waals surface area contributed by atoms with Gasteiger partial charge in [0.1, 0.15) is 18.1 Å². The summed E-state index contributed by atoms with van der Waals surface area (Å²) in [5, 5.41) is 2.99. The van der Waals surface area contributed by atoms with Crippen molar-refractivity contribution in [2.45, 2.75) is 13.1 Å². The minimum Gasteiger partial charge on any atom is -0.497 e. The van der Waals surface area contributed by atoms with Gasteiger partial charge in [0, 0.05) is 12.1 Å². The first kappa shape index (κ1) is 17.8. The summed E-state index contributed by atoms with van der Waals surface area (Å²) in [6.45, 7) is 0.678. The molecule has 3 aromatic carbocycles. The van der Waals surface area contributed by atoms with Gasteiger partial charge in [0.2, 0.25) is 5.91 Å². The highest BCUT2D eigenvalue weighted by molar-refractivity contribution is 5.84. The van der Waals surface area contributed by atoms with Crippen LogP contribution >= 0.6 is 0 Å². The average Bonchev–Trinajstić information content (AvgIpc) is 3.12. The van der Waals surface area contributed by atoms with Crippen LogP contribution in [-0.4, -0.2) is 22.6 Å². The zero-order valence-corrected chi connectivity index (χ0v) is 15.6. The van der Waals surface area contributed by atoms with Gasteiger partial charge in [-0.1, -0.05) is 54.6 Å². The standard InChI is InChI=1S/C23H21N3O2/c1-28-19-13-11-17(12-14-19)15-24-22(27)16-26-21-10-6-5-9-20(21)25-23(26)18-7-3-2-4-8-18/h2-14H,15-16H2,1H3,(H,24,27). The first-order valence-corrected chi connectivity index (χ1v) is 9.15. The summed E-state index contributed by atoms with van der Waals surface area (Å²) in [4.78, 5) is 17.4. The lowest BCUT2D eigenvalue weighted by Gasteiger charge is -2.10. The molecule has 0 aliphatic carbocycles. The molecule has 1 amide bonds. The van der Waals surface area contributed by atoms with Crippen molar-refractivity contribution < 1.29 is 9.53 Å². The number of ether oxygens (including phenoxy) is 1. The molecule has 5 nitrogen and oxygen atoms in total. The highest BCUT2D eigenvalue weighted by atomic mass is 16.5. The summed E-state index contributed by atoms with van der Waals surface area (Å²) in [5.74, 6) is 1.53. The van der Waals surface area contributed by atoms with Gasteiger partial charge in [-0.25, -0.2) is 4.98 Å². The third kappa shape index (κ3) is 3.74. The number of imidazole rings is 1. The molecule has 1 N–H and O–H groups in total. The Labute approximate surface area is 163 Å². The topological polar surface area (TPSA) is 56.1 Å². The molecule has 0 aliphatic heterocycles. The van der Waals surface area contributed by atoms with Crippen LogP contribution < -0.4 is 10.1 Å². The molecule has 0 spiro atoms. The minimum atomic E-state index is -0.0591. The Morgan fingerprint density at radius 3 is 2.43 bits per heavy atom. The maximum absolute atomic E-state index is 12.6. The van der Waals surface area contributed by atoms with Gasteiger partial charge in [0.05, 0.1) is 18.1 Å². The summed E-state index contributed by atoms with van der Waals surface area (Å²) >= 11 is 0. The lowest BCUT2D eigenvalue weighted by Crippen LogP contribution is -2.27. The molecule has 1 heterocycles. The van der Waals surface area contributed by atoms with Crippen molar-refractivity contribution in [3.8, 4) is 17.1 Å². The Morgan fingerprint density at radius 2 is 1.68 bits per heavy atom. The predicted molar refractivity (Wildman–Crippen MR) is 110 cm³/mol. The average molecular weight is 371 g/mol. The number of nitrogens with one attached hydrogen (secondary N) is 1. The maximum atomic E-state index is 12.6. The zero-order chi connectivity index (χ0) is 19.3. The largest absolute Gasteiger partial charge is 0.497 e.